The second kappa shape index (κ2) is 3.67. The van der Waals surface area contributed by atoms with Crippen molar-refractivity contribution >= 4 is 5.82 Å². The van der Waals surface area contributed by atoms with Crippen LogP contribution >= 0.6 is 0 Å². The van der Waals surface area contributed by atoms with E-state index in [-0.39, 0.29) is 13.1 Å². The minimum atomic E-state index is -4.12. The molecule has 1 fully saturated rings. The van der Waals surface area contributed by atoms with E-state index in [0.29, 0.717) is 11.4 Å². The number of pyridine rings is 1. The van der Waals surface area contributed by atoms with E-state index in [4.69, 9.17) is 5.26 Å². The minimum Gasteiger partial charge on any atom is -0.355 e. The van der Waals surface area contributed by atoms with Crippen LogP contribution in [0.2, 0.25) is 0 Å². The molecule has 2 rings (SSSR count). The lowest BCUT2D eigenvalue weighted by Crippen LogP contribution is -2.53. The van der Waals surface area contributed by atoms with Crippen molar-refractivity contribution in [1.82, 2.24) is 4.98 Å². The molecule has 1 aromatic heterocycles. The fraction of sp³-hybridized carbons (Fsp3) is 0.400. The number of nitrogens with zero attached hydrogens (tertiary/aromatic N) is 3. The lowest BCUT2D eigenvalue weighted by molar-refractivity contribution is -0.180. The summed E-state index contributed by atoms with van der Waals surface area (Å²) in [5.74, 6) is -0.774. The Morgan fingerprint density at radius 1 is 1.38 bits per heavy atom. The van der Waals surface area contributed by atoms with Crippen LogP contribution in [-0.4, -0.2) is 24.2 Å². The average molecular weight is 227 g/mol. The van der Waals surface area contributed by atoms with Gasteiger partial charge in [-0.1, -0.05) is 0 Å². The highest BCUT2D eigenvalue weighted by Crippen LogP contribution is 2.35. The van der Waals surface area contributed by atoms with Gasteiger partial charge < -0.3 is 4.90 Å². The van der Waals surface area contributed by atoms with Crippen LogP contribution in [0.4, 0.5) is 19.0 Å². The quantitative estimate of drug-likeness (QED) is 0.736. The number of hydrogen-bond acceptors (Lipinski definition) is 3. The Labute approximate surface area is 90.1 Å². The smallest absolute Gasteiger partial charge is 0.355 e. The summed E-state index contributed by atoms with van der Waals surface area (Å²) in [6.07, 6.45) is -2.76. The monoisotopic (exact) mass is 227 g/mol. The lowest BCUT2D eigenvalue weighted by Gasteiger charge is -2.40. The second-order valence-corrected chi connectivity index (χ2v) is 3.66. The third-order valence-corrected chi connectivity index (χ3v) is 2.55. The molecule has 0 atom stereocenters. The molecule has 1 aromatic rings. The number of nitriles is 1. The minimum absolute atomic E-state index is 0.0532. The van der Waals surface area contributed by atoms with Crippen molar-refractivity contribution in [2.45, 2.75) is 6.18 Å². The Morgan fingerprint density at radius 2 is 2.06 bits per heavy atom. The van der Waals surface area contributed by atoms with Crippen LogP contribution in [0, 0.1) is 17.2 Å². The Bertz CT molecular complexity index is 412. The van der Waals surface area contributed by atoms with Crippen molar-refractivity contribution in [1.29, 1.82) is 5.26 Å². The van der Waals surface area contributed by atoms with Gasteiger partial charge in [-0.05, 0) is 12.1 Å². The Balaban J connectivity index is 1.99. The van der Waals surface area contributed by atoms with Gasteiger partial charge in [0.1, 0.15) is 11.9 Å². The number of rotatable bonds is 1. The number of hydrogen-bond donors (Lipinski definition) is 0. The van der Waals surface area contributed by atoms with E-state index in [2.05, 4.69) is 4.98 Å². The molecule has 0 aromatic carbocycles. The van der Waals surface area contributed by atoms with Crippen LogP contribution in [0.3, 0.4) is 0 Å². The predicted molar refractivity (Wildman–Crippen MR) is 50.7 cm³/mol. The molecule has 1 saturated heterocycles. The number of anilines is 1. The topological polar surface area (TPSA) is 39.9 Å². The van der Waals surface area contributed by atoms with Crippen molar-refractivity contribution in [2.24, 2.45) is 5.92 Å². The summed E-state index contributed by atoms with van der Waals surface area (Å²) in [6.45, 7) is -0.106. The fourth-order valence-electron chi connectivity index (χ4n) is 1.51. The number of halogens is 3. The lowest BCUT2D eigenvalue weighted by atomic mass is 10.00. The van der Waals surface area contributed by atoms with Gasteiger partial charge in [0.2, 0.25) is 0 Å². The summed E-state index contributed by atoms with van der Waals surface area (Å²) in [5, 5.41) is 8.53. The van der Waals surface area contributed by atoms with Gasteiger partial charge in [-0.3, -0.25) is 0 Å². The molecule has 0 bridgehead atoms. The highest BCUT2D eigenvalue weighted by molar-refractivity contribution is 5.44. The van der Waals surface area contributed by atoms with E-state index in [1.165, 1.54) is 6.20 Å². The Kier molecular flexibility index (Phi) is 2.46. The molecule has 1 aliphatic heterocycles. The van der Waals surface area contributed by atoms with E-state index >= 15 is 0 Å². The molecular weight excluding hydrogens is 219 g/mol. The van der Waals surface area contributed by atoms with E-state index in [1.54, 1.807) is 17.0 Å². The van der Waals surface area contributed by atoms with Crippen molar-refractivity contribution in [3.63, 3.8) is 0 Å². The summed E-state index contributed by atoms with van der Waals surface area (Å²) in [6, 6.07) is 5.01. The van der Waals surface area contributed by atoms with Crippen LogP contribution in [-0.2, 0) is 0 Å². The predicted octanol–water partition coefficient (Wildman–Crippen LogP) is 1.95. The van der Waals surface area contributed by atoms with Crippen molar-refractivity contribution in [2.75, 3.05) is 18.0 Å². The third-order valence-electron chi connectivity index (χ3n) is 2.55. The summed E-state index contributed by atoms with van der Waals surface area (Å²) in [5.41, 5.74) is 0.400. The zero-order chi connectivity index (χ0) is 11.8. The summed E-state index contributed by atoms with van der Waals surface area (Å²) < 4.78 is 36.7. The van der Waals surface area contributed by atoms with Gasteiger partial charge in [0, 0.05) is 19.3 Å². The summed E-state index contributed by atoms with van der Waals surface area (Å²) in [4.78, 5) is 5.47. The van der Waals surface area contributed by atoms with Gasteiger partial charge in [-0.2, -0.15) is 18.4 Å². The molecule has 0 unspecified atom stereocenters. The van der Waals surface area contributed by atoms with E-state index < -0.39 is 12.1 Å². The van der Waals surface area contributed by atoms with Gasteiger partial charge in [0.15, 0.2) is 0 Å². The van der Waals surface area contributed by atoms with E-state index in [1.807, 2.05) is 6.07 Å². The van der Waals surface area contributed by atoms with E-state index in [0.717, 1.165) is 0 Å². The molecule has 2 heterocycles. The summed E-state index contributed by atoms with van der Waals surface area (Å²) in [7, 11) is 0. The van der Waals surface area contributed by atoms with Crippen LogP contribution in [0.25, 0.3) is 0 Å². The third kappa shape index (κ3) is 1.94. The van der Waals surface area contributed by atoms with Crippen LogP contribution < -0.4 is 4.90 Å². The standard InChI is InChI=1S/C10H8F3N3/c11-10(12,13)8-5-16(6-8)9-2-1-7(3-14)4-15-9/h1-2,4,8H,5-6H2. The zero-order valence-corrected chi connectivity index (χ0v) is 8.20. The molecule has 3 nitrogen and oxygen atoms in total. The highest BCUT2D eigenvalue weighted by Gasteiger charge is 2.47. The molecule has 1 aliphatic rings. The molecule has 16 heavy (non-hydrogen) atoms. The average Bonchev–Trinajstić information content (AvgIpc) is 2.14. The first-order valence-electron chi connectivity index (χ1n) is 4.68. The van der Waals surface area contributed by atoms with Gasteiger partial charge in [-0.15, -0.1) is 0 Å². The van der Waals surface area contributed by atoms with Crippen LogP contribution in [0.5, 0.6) is 0 Å². The number of alkyl halides is 3. The molecule has 0 amide bonds. The first-order chi connectivity index (χ1) is 7.50. The Hall–Kier alpha value is -1.77. The van der Waals surface area contributed by atoms with Gasteiger partial charge in [0.05, 0.1) is 11.5 Å². The molecule has 0 spiro atoms. The molecular formula is C10H8F3N3. The molecule has 0 aliphatic carbocycles. The van der Waals surface area contributed by atoms with Crippen LogP contribution in [0.1, 0.15) is 5.56 Å². The highest BCUT2D eigenvalue weighted by atomic mass is 19.4. The van der Waals surface area contributed by atoms with Crippen molar-refractivity contribution in [3.05, 3.63) is 23.9 Å². The molecule has 0 N–H and O–H groups in total. The largest absolute Gasteiger partial charge is 0.395 e. The first kappa shape index (κ1) is 10.7. The van der Waals surface area contributed by atoms with Crippen molar-refractivity contribution in [3.8, 4) is 6.07 Å². The van der Waals surface area contributed by atoms with Crippen LogP contribution in [0.15, 0.2) is 18.3 Å². The maximum atomic E-state index is 12.2. The van der Waals surface area contributed by atoms with E-state index in [9.17, 15) is 13.2 Å². The number of aromatic nitrogens is 1. The molecule has 6 heteroatoms. The SMILES string of the molecule is N#Cc1ccc(N2CC(C(F)(F)F)C2)nc1. The maximum Gasteiger partial charge on any atom is 0.395 e. The zero-order valence-electron chi connectivity index (χ0n) is 8.20. The van der Waals surface area contributed by atoms with Crippen molar-refractivity contribution < 1.29 is 13.2 Å². The second-order valence-electron chi connectivity index (χ2n) is 3.66. The normalized spacial score (nSPS) is 16.8. The molecule has 84 valence electrons. The maximum absolute atomic E-state index is 12.2. The van der Waals surface area contributed by atoms with Gasteiger partial charge in [-0.25, -0.2) is 4.98 Å². The molecule has 0 radical (unpaired) electrons. The first-order valence-corrected chi connectivity index (χ1v) is 4.68. The summed E-state index contributed by atoms with van der Waals surface area (Å²) >= 11 is 0. The fourth-order valence-corrected chi connectivity index (χ4v) is 1.51. The molecule has 0 saturated carbocycles. The Morgan fingerprint density at radius 3 is 2.50 bits per heavy atom. The van der Waals surface area contributed by atoms with Gasteiger partial charge >= 0.3 is 6.18 Å². The van der Waals surface area contributed by atoms with Gasteiger partial charge in [0.25, 0.3) is 0 Å².